The maximum absolute atomic E-state index is 12.9. The molecule has 0 heterocycles. The van der Waals surface area contributed by atoms with Crippen LogP contribution < -0.4 is 5.32 Å². The molecule has 2 N–H and O–H groups in total. The van der Waals surface area contributed by atoms with Gasteiger partial charge in [0.1, 0.15) is 6.61 Å². The molecule has 2 unspecified atom stereocenters. The molecule has 1 aliphatic rings. The molecule has 1 aliphatic carbocycles. The SMILES string of the molecule is CC(C)C1CCCC(NCC(F)(F)CO)CC1. The van der Waals surface area contributed by atoms with E-state index in [2.05, 4.69) is 19.2 Å². The second-order valence-corrected chi connectivity index (χ2v) is 5.60. The van der Waals surface area contributed by atoms with Crippen LogP contribution in [-0.4, -0.2) is 30.2 Å². The molecule has 1 fully saturated rings. The quantitative estimate of drug-likeness (QED) is 0.734. The molecule has 0 radical (unpaired) electrons. The van der Waals surface area contributed by atoms with Gasteiger partial charge in [-0.25, -0.2) is 8.78 Å². The normalized spacial score (nSPS) is 27.2. The second kappa shape index (κ2) is 6.64. The number of aliphatic hydroxyl groups excluding tert-OH is 1. The third-order valence-corrected chi connectivity index (χ3v) is 3.84. The summed E-state index contributed by atoms with van der Waals surface area (Å²) in [6, 6.07) is 0.191. The Morgan fingerprint density at radius 1 is 1.24 bits per heavy atom. The molecule has 0 bridgehead atoms. The molecular formula is C13H25F2NO. The minimum absolute atomic E-state index is 0.191. The number of rotatable bonds is 5. The van der Waals surface area contributed by atoms with Crippen LogP contribution in [0.1, 0.15) is 46.0 Å². The van der Waals surface area contributed by atoms with E-state index < -0.39 is 19.1 Å². The molecule has 1 saturated carbocycles. The smallest absolute Gasteiger partial charge is 0.282 e. The molecule has 0 amide bonds. The van der Waals surface area contributed by atoms with Gasteiger partial charge in [0, 0.05) is 6.04 Å². The minimum Gasteiger partial charge on any atom is -0.390 e. The van der Waals surface area contributed by atoms with Crippen molar-refractivity contribution in [3.05, 3.63) is 0 Å². The van der Waals surface area contributed by atoms with Crippen molar-refractivity contribution in [2.24, 2.45) is 11.8 Å². The summed E-state index contributed by atoms with van der Waals surface area (Å²) in [5, 5.41) is 11.4. The van der Waals surface area contributed by atoms with Gasteiger partial charge in [-0.2, -0.15) is 0 Å². The van der Waals surface area contributed by atoms with Gasteiger partial charge in [0.25, 0.3) is 5.92 Å². The van der Waals surface area contributed by atoms with E-state index in [1.54, 1.807) is 0 Å². The summed E-state index contributed by atoms with van der Waals surface area (Å²) in [6.45, 7) is 3.00. The zero-order valence-electron chi connectivity index (χ0n) is 10.9. The van der Waals surface area contributed by atoms with Crippen LogP contribution in [0.5, 0.6) is 0 Å². The van der Waals surface area contributed by atoms with E-state index in [1.807, 2.05) is 0 Å². The Kier molecular flexibility index (Phi) is 5.80. The lowest BCUT2D eigenvalue weighted by Gasteiger charge is -2.21. The Morgan fingerprint density at radius 2 is 1.94 bits per heavy atom. The Balaban J connectivity index is 2.32. The summed E-state index contributed by atoms with van der Waals surface area (Å²) < 4.78 is 25.8. The van der Waals surface area contributed by atoms with Gasteiger partial charge < -0.3 is 10.4 Å². The van der Waals surface area contributed by atoms with E-state index in [1.165, 1.54) is 6.42 Å². The van der Waals surface area contributed by atoms with E-state index in [0.29, 0.717) is 5.92 Å². The highest BCUT2D eigenvalue weighted by Gasteiger charge is 2.29. The van der Waals surface area contributed by atoms with Crippen molar-refractivity contribution in [1.29, 1.82) is 0 Å². The summed E-state index contributed by atoms with van der Waals surface area (Å²) in [7, 11) is 0. The second-order valence-electron chi connectivity index (χ2n) is 5.60. The highest BCUT2D eigenvalue weighted by Crippen LogP contribution is 2.29. The first-order chi connectivity index (χ1) is 7.94. The molecule has 2 nitrogen and oxygen atoms in total. The minimum atomic E-state index is -2.98. The monoisotopic (exact) mass is 249 g/mol. The predicted molar refractivity (Wildman–Crippen MR) is 65.2 cm³/mol. The van der Waals surface area contributed by atoms with Gasteiger partial charge in [-0.05, 0) is 31.1 Å². The molecule has 4 heteroatoms. The topological polar surface area (TPSA) is 32.3 Å². The van der Waals surface area contributed by atoms with Gasteiger partial charge >= 0.3 is 0 Å². The molecule has 17 heavy (non-hydrogen) atoms. The molecule has 0 saturated heterocycles. The van der Waals surface area contributed by atoms with E-state index in [4.69, 9.17) is 5.11 Å². The van der Waals surface area contributed by atoms with Crippen molar-refractivity contribution in [3.8, 4) is 0 Å². The number of alkyl halides is 2. The van der Waals surface area contributed by atoms with Crippen molar-refractivity contribution in [2.75, 3.05) is 13.2 Å². The van der Waals surface area contributed by atoms with E-state index in [0.717, 1.165) is 31.6 Å². The Morgan fingerprint density at radius 3 is 2.53 bits per heavy atom. The summed E-state index contributed by atoms with van der Waals surface area (Å²) in [5.41, 5.74) is 0. The lowest BCUT2D eigenvalue weighted by atomic mass is 9.89. The van der Waals surface area contributed by atoms with Gasteiger partial charge in [0.05, 0.1) is 6.54 Å². The van der Waals surface area contributed by atoms with Gasteiger partial charge in [-0.15, -0.1) is 0 Å². The van der Waals surface area contributed by atoms with Crippen LogP contribution in [0.25, 0.3) is 0 Å². The van der Waals surface area contributed by atoms with E-state index in [-0.39, 0.29) is 6.04 Å². The van der Waals surface area contributed by atoms with Crippen molar-refractivity contribution < 1.29 is 13.9 Å². The zero-order valence-corrected chi connectivity index (χ0v) is 10.9. The predicted octanol–water partition coefficient (Wildman–Crippen LogP) is 2.81. The summed E-state index contributed by atoms with van der Waals surface area (Å²) in [6.07, 6.45) is 5.41. The molecule has 2 atom stereocenters. The largest absolute Gasteiger partial charge is 0.390 e. The molecule has 0 aromatic carbocycles. The first-order valence-corrected chi connectivity index (χ1v) is 6.66. The number of halogens is 2. The molecule has 0 aliphatic heterocycles. The Hall–Kier alpha value is -0.220. The molecule has 1 rings (SSSR count). The fourth-order valence-electron chi connectivity index (χ4n) is 2.55. The zero-order chi connectivity index (χ0) is 12.9. The van der Waals surface area contributed by atoms with Crippen LogP contribution in [0.4, 0.5) is 8.78 Å². The van der Waals surface area contributed by atoms with Gasteiger partial charge in [0.15, 0.2) is 0 Å². The van der Waals surface area contributed by atoms with Crippen molar-refractivity contribution >= 4 is 0 Å². The maximum Gasteiger partial charge on any atom is 0.282 e. The van der Waals surface area contributed by atoms with Crippen LogP contribution in [0.2, 0.25) is 0 Å². The fraction of sp³-hybridized carbons (Fsp3) is 1.00. The van der Waals surface area contributed by atoms with Crippen molar-refractivity contribution in [3.63, 3.8) is 0 Å². The Bertz CT molecular complexity index is 221. The number of hydrogen-bond acceptors (Lipinski definition) is 2. The first kappa shape index (κ1) is 14.8. The molecule has 0 aromatic rings. The lowest BCUT2D eigenvalue weighted by Crippen LogP contribution is -2.41. The average Bonchev–Trinajstić information content (AvgIpc) is 2.52. The van der Waals surface area contributed by atoms with Crippen LogP contribution >= 0.6 is 0 Å². The lowest BCUT2D eigenvalue weighted by molar-refractivity contribution is -0.0495. The van der Waals surface area contributed by atoms with Crippen LogP contribution in [0.3, 0.4) is 0 Å². The Labute approximate surface area is 103 Å². The van der Waals surface area contributed by atoms with Crippen molar-refractivity contribution in [1.82, 2.24) is 5.32 Å². The highest BCUT2D eigenvalue weighted by atomic mass is 19.3. The standard InChI is InChI=1S/C13H25F2NO/c1-10(2)11-4-3-5-12(7-6-11)16-8-13(14,15)9-17/h10-12,16-17H,3-9H2,1-2H3. The molecule has 0 spiro atoms. The fourth-order valence-corrected chi connectivity index (χ4v) is 2.55. The van der Waals surface area contributed by atoms with Gasteiger partial charge in [-0.1, -0.05) is 26.7 Å². The first-order valence-electron chi connectivity index (χ1n) is 6.66. The third-order valence-electron chi connectivity index (χ3n) is 3.84. The van der Waals surface area contributed by atoms with Crippen LogP contribution in [0, 0.1) is 11.8 Å². The summed E-state index contributed by atoms with van der Waals surface area (Å²) >= 11 is 0. The van der Waals surface area contributed by atoms with Crippen LogP contribution in [-0.2, 0) is 0 Å². The summed E-state index contributed by atoms with van der Waals surface area (Å²) in [4.78, 5) is 0. The van der Waals surface area contributed by atoms with Gasteiger partial charge in [-0.3, -0.25) is 0 Å². The summed E-state index contributed by atoms with van der Waals surface area (Å²) in [5.74, 6) is -1.56. The highest BCUT2D eigenvalue weighted by molar-refractivity contribution is 4.79. The van der Waals surface area contributed by atoms with E-state index in [9.17, 15) is 8.78 Å². The average molecular weight is 249 g/mol. The third kappa shape index (κ3) is 5.30. The van der Waals surface area contributed by atoms with Crippen LogP contribution in [0.15, 0.2) is 0 Å². The van der Waals surface area contributed by atoms with E-state index >= 15 is 0 Å². The van der Waals surface area contributed by atoms with Gasteiger partial charge in [0.2, 0.25) is 0 Å². The maximum atomic E-state index is 12.9. The molecule has 0 aromatic heterocycles. The number of aliphatic hydroxyl groups is 1. The van der Waals surface area contributed by atoms with Crippen molar-refractivity contribution in [2.45, 2.75) is 57.9 Å². The molecular weight excluding hydrogens is 224 g/mol. The molecule has 102 valence electrons. The number of nitrogens with one attached hydrogen (secondary N) is 1. The number of hydrogen-bond donors (Lipinski definition) is 2.